The van der Waals surface area contributed by atoms with Gasteiger partial charge in [0.05, 0.1) is 0 Å². The van der Waals surface area contributed by atoms with Gasteiger partial charge in [-0.25, -0.2) is 0 Å². The molecule has 0 aromatic heterocycles. The number of hydrogen-bond acceptors (Lipinski definition) is 4. The van der Waals surface area contributed by atoms with Crippen LogP contribution in [0.3, 0.4) is 0 Å². The monoisotopic (exact) mass is 348 g/mol. The molecule has 0 spiro atoms. The molecule has 2 rings (SSSR count). The average molecular weight is 348 g/mol. The topological polar surface area (TPSA) is 83.6 Å². The zero-order valence-electron chi connectivity index (χ0n) is 15.0. The van der Waals surface area contributed by atoms with Gasteiger partial charge in [-0.2, -0.15) is 0 Å². The van der Waals surface area contributed by atoms with Gasteiger partial charge in [-0.1, -0.05) is 6.42 Å². The van der Waals surface area contributed by atoms with Crippen LogP contribution in [0.1, 0.15) is 58.3 Å². The Bertz CT molecular complexity index is 530. The van der Waals surface area contributed by atoms with Crippen molar-refractivity contribution in [2.24, 2.45) is 11.8 Å². The number of rotatable bonds is 9. The molecule has 6 nitrogen and oxygen atoms in total. The summed E-state index contributed by atoms with van der Waals surface area (Å²) in [6.07, 6.45) is 9.36. The standard InChI is InChI=1S/C19H28N2O4/c1-14(22)5-3-2-4-12-20-19(25)16-8-6-15(7-9-16)13-21-17(23)10-11-18(21)24/h10-11,15-16H,2-9,12-13H2,1H3,(H,20,25). The first kappa shape index (κ1) is 19.3. The van der Waals surface area contributed by atoms with E-state index >= 15 is 0 Å². The van der Waals surface area contributed by atoms with Gasteiger partial charge in [0.15, 0.2) is 0 Å². The summed E-state index contributed by atoms with van der Waals surface area (Å²) in [6, 6.07) is 0. The highest BCUT2D eigenvalue weighted by atomic mass is 16.2. The zero-order valence-corrected chi connectivity index (χ0v) is 15.0. The van der Waals surface area contributed by atoms with Crippen molar-refractivity contribution in [1.29, 1.82) is 0 Å². The van der Waals surface area contributed by atoms with Crippen LogP contribution in [0.4, 0.5) is 0 Å². The largest absolute Gasteiger partial charge is 0.356 e. The molecule has 1 N–H and O–H groups in total. The molecule has 0 saturated heterocycles. The van der Waals surface area contributed by atoms with Crippen molar-refractivity contribution in [3.63, 3.8) is 0 Å². The van der Waals surface area contributed by atoms with E-state index in [0.29, 0.717) is 25.4 Å². The fourth-order valence-electron chi connectivity index (χ4n) is 3.51. The summed E-state index contributed by atoms with van der Waals surface area (Å²) in [4.78, 5) is 47.5. The molecule has 1 aliphatic carbocycles. The summed E-state index contributed by atoms with van der Waals surface area (Å²) in [7, 11) is 0. The Labute approximate surface area is 149 Å². The summed E-state index contributed by atoms with van der Waals surface area (Å²) in [5, 5.41) is 2.99. The number of ketones is 1. The second kappa shape index (κ2) is 9.49. The number of unbranched alkanes of at least 4 members (excludes halogenated alkanes) is 2. The number of Topliss-reactive ketones (excluding diaryl/α,β-unsaturated/α-hetero) is 1. The maximum atomic E-state index is 12.2. The van der Waals surface area contributed by atoms with E-state index in [1.807, 2.05) is 0 Å². The predicted molar refractivity (Wildman–Crippen MR) is 93.5 cm³/mol. The van der Waals surface area contributed by atoms with Gasteiger partial charge in [-0.05, 0) is 51.4 Å². The molecular formula is C19H28N2O4. The fourth-order valence-corrected chi connectivity index (χ4v) is 3.51. The third-order valence-corrected chi connectivity index (χ3v) is 5.06. The third-order valence-electron chi connectivity index (χ3n) is 5.06. The quantitative estimate of drug-likeness (QED) is 0.510. The van der Waals surface area contributed by atoms with Crippen LogP contribution in [0.2, 0.25) is 0 Å². The van der Waals surface area contributed by atoms with Crippen LogP contribution >= 0.6 is 0 Å². The molecule has 6 heteroatoms. The number of hydrogen-bond donors (Lipinski definition) is 1. The normalized spacial score (nSPS) is 23.2. The zero-order chi connectivity index (χ0) is 18.2. The van der Waals surface area contributed by atoms with Crippen LogP contribution in [0.25, 0.3) is 0 Å². The molecule has 0 aromatic rings. The Balaban J connectivity index is 1.59. The second-order valence-electron chi connectivity index (χ2n) is 7.14. The molecule has 1 heterocycles. The first-order valence-electron chi connectivity index (χ1n) is 9.28. The number of amides is 3. The average Bonchev–Trinajstić information content (AvgIpc) is 2.90. The minimum Gasteiger partial charge on any atom is -0.356 e. The molecule has 3 amide bonds. The molecule has 138 valence electrons. The molecule has 25 heavy (non-hydrogen) atoms. The number of carbonyl (C=O) groups excluding carboxylic acids is 4. The summed E-state index contributed by atoms with van der Waals surface area (Å²) < 4.78 is 0. The maximum absolute atomic E-state index is 12.2. The molecule has 1 fully saturated rings. The van der Waals surface area contributed by atoms with E-state index in [-0.39, 0.29) is 29.4 Å². The minimum atomic E-state index is -0.227. The molecule has 1 aliphatic heterocycles. The lowest BCUT2D eigenvalue weighted by molar-refractivity contribution is -0.138. The van der Waals surface area contributed by atoms with Gasteiger partial charge in [0.2, 0.25) is 5.91 Å². The van der Waals surface area contributed by atoms with Gasteiger partial charge in [0.1, 0.15) is 5.78 Å². The smallest absolute Gasteiger partial charge is 0.253 e. The van der Waals surface area contributed by atoms with E-state index in [1.165, 1.54) is 17.1 Å². The van der Waals surface area contributed by atoms with E-state index in [2.05, 4.69) is 5.32 Å². The molecule has 2 aliphatic rings. The summed E-state index contributed by atoms with van der Waals surface area (Å²) in [5.41, 5.74) is 0. The van der Waals surface area contributed by atoms with Gasteiger partial charge < -0.3 is 10.1 Å². The Morgan fingerprint density at radius 3 is 2.28 bits per heavy atom. The van der Waals surface area contributed by atoms with Crippen LogP contribution in [0.15, 0.2) is 12.2 Å². The molecule has 0 aromatic carbocycles. The van der Waals surface area contributed by atoms with Gasteiger partial charge in [-0.15, -0.1) is 0 Å². The molecule has 0 atom stereocenters. The van der Waals surface area contributed by atoms with Crippen molar-refractivity contribution >= 4 is 23.5 Å². The van der Waals surface area contributed by atoms with Crippen LogP contribution in [0.5, 0.6) is 0 Å². The minimum absolute atomic E-state index is 0.0385. The predicted octanol–water partition coefficient (Wildman–Crippen LogP) is 1.98. The number of imide groups is 1. The summed E-state index contributed by atoms with van der Waals surface area (Å²) in [6.45, 7) is 2.73. The van der Waals surface area contributed by atoms with Crippen LogP contribution in [0, 0.1) is 11.8 Å². The lowest BCUT2D eigenvalue weighted by Gasteiger charge is -2.30. The second-order valence-corrected chi connectivity index (χ2v) is 7.14. The molecule has 1 saturated carbocycles. The molecule has 0 unspecified atom stereocenters. The van der Waals surface area contributed by atoms with E-state index < -0.39 is 0 Å². The van der Waals surface area contributed by atoms with Crippen molar-refractivity contribution in [2.45, 2.75) is 58.3 Å². The van der Waals surface area contributed by atoms with Gasteiger partial charge in [0.25, 0.3) is 11.8 Å². The summed E-state index contributed by atoms with van der Waals surface area (Å²) in [5.74, 6) is 0.207. The van der Waals surface area contributed by atoms with Crippen LogP contribution in [-0.2, 0) is 19.2 Å². The highest BCUT2D eigenvalue weighted by Gasteiger charge is 2.31. The van der Waals surface area contributed by atoms with Crippen molar-refractivity contribution in [2.75, 3.05) is 13.1 Å². The third kappa shape index (κ3) is 6.11. The lowest BCUT2D eigenvalue weighted by atomic mass is 9.81. The van der Waals surface area contributed by atoms with Crippen LogP contribution in [-0.4, -0.2) is 41.5 Å². The molecule has 0 bridgehead atoms. The molecular weight excluding hydrogens is 320 g/mol. The highest BCUT2D eigenvalue weighted by molar-refractivity contribution is 6.12. The number of nitrogens with zero attached hydrogens (tertiary/aromatic N) is 1. The van der Waals surface area contributed by atoms with E-state index in [1.54, 1.807) is 6.92 Å². The van der Waals surface area contributed by atoms with Crippen molar-refractivity contribution < 1.29 is 19.2 Å². The lowest BCUT2D eigenvalue weighted by Crippen LogP contribution is -2.38. The van der Waals surface area contributed by atoms with Gasteiger partial charge >= 0.3 is 0 Å². The van der Waals surface area contributed by atoms with Crippen molar-refractivity contribution in [3.8, 4) is 0 Å². The van der Waals surface area contributed by atoms with E-state index in [9.17, 15) is 19.2 Å². The summed E-state index contributed by atoms with van der Waals surface area (Å²) >= 11 is 0. The van der Waals surface area contributed by atoms with E-state index in [0.717, 1.165) is 44.9 Å². The van der Waals surface area contributed by atoms with Gasteiger partial charge in [-0.3, -0.25) is 19.3 Å². The fraction of sp³-hybridized carbons (Fsp3) is 0.684. The Morgan fingerprint density at radius 1 is 1.04 bits per heavy atom. The first-order valence-corrected chi connectivity index (χ1v) is 9.28. The number of carbonyl (C=O) groups is 4. The Kier molecular flexibility index (Phi) is 7.34. The molecule has 0 radical (unpaired) electrons. The van der Waals surface area contributed by atoms with E-state index in [4.69, 9.17) is 0 Å². The van der Waals surface area contributed by atoms with Gasteiger partial charge in [0, 0.05) is 37.6 Å². The maximum Gasteiger partial charge on any atom is 0.253 e. The Morgan fingerprint density at radius 2 is 1.68 bits per heavy atom. The van der Waals surface area contributed by atoms with Crippen LogP contribution < -0.4 is 5.32 Å². The highest BCUT2D eigenvalue weighted by Crippen LogP contribution is 2.30. The SMILES string of the molecule is CC(=O)CCCCCNC(=O)C1CCC(CN2C(=O)C=CC2=O)CC1. The van der Waals surface area contributed by atoms with Crippen molar-refractivity contribution in [3.05, 3.63) is 12.2 Å². The number of nitrogens with one attached hydrogen (secondary N) is 1. The first-order chi connectivity index (χ1) is 12.0. The van der Waals surface area contributed by atoms with Crippen molar-refractivity contribution in [1.82, 2.24) is 10.2 Å². The Hall–Kier alpha value is -1.98.